The molecule has 0 spiro atoms. The van der Waals surface area contributed by atoms with Crippen LogP contribution in [0.25, 0.3) is 0 Å². The zero-order valence-electron chi connectivity index (χ0n) is 11.4. The predicted molar refractivity (Wildman–Crippen MR) is 82.3 cm³/mol. The van der Waals surface area contributed by atoms with Gasteiger partial charge in [-0.1, -0.05) is 29.8 Å². The number of nitrogens with one attached hydrogen (secondary N) is 1. The lowest BCUT2D eigenvalue weighted by molar-refractivity contribution is 0.372. The number of ether oxygens (including phenoxy) is 1. The summed E-state index contributed by atoms with van der Waals surface area (Å²) in [5, 5.41) is 3.28. The number of fused-ring (bicyclic) bond motifs is 1. The fraction of sp³-hybridized carbons (Fsp3) is 0.188. The molecule has 0 amide bonds. The van der Waals surface area contributed by atoms with Gasteiger partial charge in [0.1, 0.15) is 18.2 Å². The molecule has 2 aromatic rings. The SMILES string of the molecule is Cc1ccc(CN=C2COc3cc(N)ccc3N2)cc1. The van der Waals surface area contributed by atoms with Gasteiger partial charge in [-0.05, 0) is 24.6 Å². The van der Waals surface area contributed by atoms with Crippen LogP contribution in [0, 0.1) is 6.92 Å². The van der Waals surface area contributed by atoms with Crippen LogP contribution in [-0.4, -0.2) is 12.4 Å². The normalized spacial score (nSPS) is 15.3. The van der Waals surface area contributed by atoms with Gasteiger partial charge in [0.25, 0.3) is 0 Å². The van der Waals surface area contributed by atoms with Crippen molar-refractivity contribution in [2.75, 3.05) is 17.7 Å². The van der Waals surface area contributed by atoms with Crippen molar-refractivity contribution < 1.29 is 4.74 Å². The van der Waals surface area contributed by atoms with Gasteiger partial charge in [0.2, 0.25) is 0 Å². The molecule has 0 bridgehead atoms. The average Bonchev–Trinajstić information content (AvgIpc) is 2.46. The maximum atomic E-state index is 5.73. The summed E-state index contributed by atoms with van der Waals surface area (Å²) in [6.07, 6.45) is 0. The Kier molecular flexibility index (Phi) is 3.29. The topological polar surface area (TPSA) is 59.6 Å². The Hall–Kier alpha value is -2.49. The molecule has 1 heterocycles. The molecule has 4 heteroatoms. The molecule has 3 N–H and O–H groups in total. The first-order valence-corrected chi connectivity index (χ1v) is 6.59. The lowest BCUT2D eigenvalue weighted by Gasteiger charge is -2.21. The van der Waals surface area contributed by atoms with Crippen molar-refractivity contribution in [2.24, 2.45) is 4.99 Å². The molecule has 102 valence electrons. The van der Waals surface area contributed by atoms with Crippen LogP contribution in [0.15, 0.2) is 47.5 Å². The summed E-state index contributed by atoms with van der Waals surface area (Å²) in [4.78, 5) is 4.55. The van der Waals surface area contributed by atoms with Gasteiger partial charge < -0.3 is 15.8 Å². The summed E-state index contributed by atoms with van der Waals surface area (Å²) in [5.74, 6) is 1.61. The van der Waals surface area contributed by atoms with E-state index in [2.05, 4.69) is 41.5 Å². The number of anilines is 2. The van der Waals surface area contributed by atoms with Crippen molar-refractivity contribution >= 4 is 17.2 Å². The van der Waals surface area contributed by atoms with E-state index in [9.17, 15) is 0 Å². The minimum atomic E-state index is 0.447. The Bertz CT molecular complexity index is 647. The van der Waals surface area contributed by atoms with Crippen molar-refractivity contribution in [3.05, 3.63) is 53.6 Å². The van der Waals surface area contributed by atoms with Crippen LogP contribution in [0.3, 0.4) is 0 Å². The average molecular weight is 267 g/mol. The van der Waals surface area contributed by atoms with E-state index in [4.69, 9.17) is 10.5 Å². The largest absolute Gasteiger partial charge is 0.483 e. The van der Waals surface area contributed by atoms with E-state index in [1.807, 2.05) is 18.2 Å². The first-order chi connectivity index (χ1) is 9.70. The summed E-state index contributed by atoms with van der Waals surface area (Å²) in [6, 6.07) is 14.0. The van der Waals surface area contributed by atoms with Gasteiger partial charge in [0, 0.05) is 11.8 Å². The van der Waals surface area contributed by atoms with E-state index in [0.29, 0.717) is 18.8 Å². The Morgan fingerprint density at radius 3 is 2.80 bits per heavy atom. The highest BCUT2D eigenvalue weighted by atomic mass is 16.5. The van der Waals surface area contributed by atoms with Crippen LogP contribution < -0.4 is 15.8 Å². The van der Waals surface area contributed by atoms with Gasteiger partial charge in [0.15, 0.2) is 0 Å². The third kappa shape index (κ3) is 2.74. The lowest BCUT2D eigenvalue weighted by atomic mass is 10.1. The molecule has 0 unspecified atom stereocenters. The maximum Gasteiger partial charge on any atom is 0.146 e. The number of hydrogen-bond donors (Lipinski definition) is 2. The summed E-state index contributed by atoms with van der Waals surface area (Å²) in [5.41, 5.74) is 9.78. The fourth-order valence-electron chi connectivity index (χ4n) is 2.06. The quantitative estimate of drug-likeness (QED) is 0.822. The minimum absolute atomic E-state index is 0.447. The second-order valence-corrected chi connectivity index (χ2v) is 4.92. The molecule has 0 radical (unpaired) electrons. The van der Waals surface area contributed by atoms with E-state index in [1.165, 1.54) is 11.1 Å². The molecular formula is C16H17N3O. The summed E-state index contributed by atoms with van der Waals surface area (Å²) >= 11 is 0. The number of nitrogen functional groups attached to an aromatic ring is 1. The molecule has 0 fully saturated rings. The molecule has 0 saturated carbocycles. The predicted octanol–water partition coefficient (Wildman–Crippen LogP) is 2.98. The van der Waals surface area contributed by atoms with Gasteiger partial charge >= 0.3 is 0 Å². The molecule has 0 atom stereocenters. The minimum Gasteiger partial charge on any atom is -0.483 e. The van der Waals surface area contributed by atoms with Crippen LogP contribution in [0.1, 0.15) is 11.1 Å². The van der Waals surface area contributed by atoms with Crippen LogP contribution in [0.5, 0.6) is 5.75 Å². The maximum absolute atomic E-state index is 5.73. The number of nitrogens with two attached hydrogens (primary N) is 1. The lowest BCUT2D eigenvalue weighted by Crippen LogP contribution is -2.26. The molecule has 4 nitrogen and oxygen atoms in total. The van der Waals surface area contributed by atoms with Crippen molar-refractivity contribution in [3.8, 4) is 5.75 Å². The zero-order chi connectivity index (χ0) is 13.9. The van der Waals surface area contributed by atoms with E-state index >= 15 is 0 Å². The van der Waals surface area contributed by atoms with Crippen LogP contribution in [0.2, 0.25) is 0 Å². The van der Waals surface area contributed by atoms with E-state index in [-0.39, 0.29) is 0 Å². The summed E-state index contributed by atoms with van der Waals surface area (Å²) in [7, 11) is 0. The highest BCUT2D eigenvalue weighted by Gasteiger charge is 2.14. The van der Waals surface area contributed by atoms with E-state index < -0.39 is 0 Å². The van der Waals surface area contributed by atoms with Crippen molar-refractivity contribution in [1.29, 1.82) is 0 Å². The number of benzene rings is 2. The second kappa shape index (κ2) is 5.25. The molecule has 2 aromatic carbocycles. The van der Waals surface area contributed by atoms with E-state index in [0.717, 1.165) is 17.3 Å². The standard InChI is InChI=1S/C16H17N3O/c1-11-2-4-12(5-3-11)9-18-16-10-20-15-8-13(17)6-7-14(15)19-16/h2-8H,9-10,17H2,1H3,(H,18,19). The molecule has 0 aromatic heterocycles. The molecule has 1 aliphatic rings. The van der Waals surface area contributed by atoms with Gasteiger partial charge in [-0.2, -0.15) is 0 Å². The van der Waals surface area contributed by atoms with Crippen molar-refractivity contribution in [1.82, 2.24) is 0 Å². The Morgan fingerprint density at radius 2 is 2.00 bits per heavy atom. The monoisotopic (exact) mass is 267 g/mol. The number of amidine groups is 1. The van der Waals surface area contributed by atoms with Gasteiger partial charge in [-0.15, -0.1) is 0 Å². The van der Waals surface area contributed by atoms with Crippen molar-refractivity contribution in [2.45, 2.75) is 13.5 Å². The van der Waals surface area contributed by atoms with Crippen molar-refractivity contribution in [3.63, 3.8) is 0 Å². The highest BCUT2D eigenvalue weighted by Crippen LogP contribution is 2.29. The second-order valence-electron chi connectivity index (χ2n) is 4.92. The Morgan fingerprint density at radius 1 is 1.20 bits per heavy atom. The summed E-state index contributed by atoms with van der Waals surface area (Å²) < 4.78 is 5.65. The molecule has 3 rings (SSSR count). The van der Waals surface area contributed by atoms with Crippen LogP contribution in [0.4, 0.5) is 11.4 Å². The number of hydrogen-bond acceptors (Lipinski definition) is 3. The first kappa shape index (κ1) is 12.5. The molecule has 20 heavy (non-hydrogen) atoms. The van der Waals surface area contributed by atoms with Crippen LogP contribution >= 0.6 is 0 Å². The smallest absolute Gasteiger partial charge is 0.146 e. The number of nitrogens with zero attached hydrogens (tertiary/aromatic N) is 1. The van der Waals surface area contributed by atoms with Gasteiger partial charge in [-0.3, -0.25) is 4.99 Å². The third-order valence-electron chi connectivity index (χ3n) is 3.22. The third-order valence-corrected chi connectivity index (χ3v) is 3.22. The highest BCUT2D eigenvalue weighted by molar-refractivity contribution is 5.99. The summed E-state index contributed by atoms with van der Waals surface area (Å²) in [6.45, 7) is 3.17. The van der Waals surface area contributed by atoms with Gasteiger partial charge in [0.05, 0.1) is 12.2 Å². The Labute approximate surface area is 118 Å². The number of rotatable bonds is 2. The van der Waals surface area contributed by atoms with E-state index in [1.54, 1.807) is 0 Å². The number of aryl methyl sites for hydroxylation is 1. The Balaban J connectivity index is 1.71. The molecular weight excluding hydrogens is 250 g/mol. The molecule has 1 aliphatic heterocycles. The zero-order valence-corrected chi connectivity index (χ0v) is 11.4. The molecule has 0 aliphatic carbocycles. The van der Waals surface area contributed by atoms with Gasteiger partial charge in [-0.25, -0.2) is 0 Å². The number of aliphatic imine (C=N–C) groups is 1. The molecule has 0 saturated heterocycles. The fourth-order valence-corrected chi connectivity index (χ4v) is 2.06. The first-order valence-electron chi connectivity index (χ1n) is 6.59. The van der Waals surface area contributed by atoms with Crippen LogP contribution in [-0.2, 0) is 6.54 Å².